The Bertz CT molecular complexity index is 1180. The predicted octanol–water partition coefficient (Wildman–Crippen LogP) is 5.69. The monoisotopic (exact) mass is 426 g/mol. The standard InChI is InChI=1S/C26H22N2O2S/c1-30-20-14-12-17-13-15-22-24(21(17)16-20)27-26(31-22)28-25(29)23(18-8-4-2-5-9-18)19-10-6-3-7-11-19/h2-12,14,16,23H,13,15H2,1H3,(H,27,28,29). The maximum atomic E-state index is 13.4. The number of hydrogen-bond acceptors (Lipinski definition) is 4. The molecular formula is C26H22N2O2S. The number of nitrogens with one attached hydrogen (secondary N) is 1. The van der Waals surface area contributed by atoms with E-state index in [-0.39, 0.29) is 5.91 Å². The second-order valence-electron chi connectivity index (χ2n) is 7.56. The van der Waals surface area contributed by atoms with Crippen molar-refractivity contribution in [3.63, 3.8) is 0 Å². The lowest BCUT2D eigenvalue weighted by molar-refractivity contribution is -0.116. The fraction of sp³-hybridized carbons (Fsp3) is 0.154. The number of carbonyl (C=O) groups is 1. The van der Waals surface area contributed by atoms with Crippen molar-refractivity contribution in [3.05, 3.63) is 100 Å². The molecule has 154 valence electrons. The molecule has 0 spiro atoms. The van der Waals surface area contributed by atoms with Gasteiger partial charge >= 0.3 is 0 Å². The average molecular weight is 427 g/mol. The molecule has 0 saturated carbocycles. The van der Waals surface area contributed by atoms with Crippen LogP contribution in [-0.2, 0) is 17.6 Å². The van der Waals surface area contributed by atoms with Gasteiger partial charge in [-0.2, -0.15) is 0 Å². The second kappa shape index (κ2) is 8.36. The molecule has 0 aliphatic heterocycles. The molecular weight excluding hydrogens is 404 g/mol. The number of methoxy groups -OCH3 is 1. The lowest BCUT2D eigenvalue weighted by Gasteiger charge is -2.17. The third-order valence-corrected chi connectivity index (χ3v) is 6.68. The molecule has 0 unspecified atom stereocenters. The number of carbonyl (C=O) groups excluding carboxylic acids is 1. The number of benzene rings is 3. The Morgan fingerprint density at radius 1 is 0.968 bits per heavy atom. The van der Waals surface area contributed by atoms with Crippen molar-refractivity contribution in [2.75, 3.05) is 12.4 Å². The smallest absolute Gasteiger partial charge is 0.238 e. The summed E-state index contributed by atoms with van der Waals surface area (Å²) in [6.07, 6.45) is 1.90. The van der Waals surface area contributed by atoms with Gasteiger partial charge in [0.1, 0.15) is 5.75 Å². The van der Waals surface area contributed by atoms with Gasteiger partial charge in [0.05, 0.1) is 18.7 Å². The van der Waals surface area contributed by atoms with E-state index in [2.05, 4.69) is 11.4 Å². The molecule has 1 heterocycles. The number of rotatable bonds is 5. The summed E-state index contributed by atoms with van der Waals surface area (Å²) in [5.74, 6) is 0.350. The molecule has 4 aromatic rings. The minimum Gasteiger partial charge on any atom is -0.497 e. The quantitative estimate of drug-likeness (QED) is 0.446. The number of amides is 1. The van der Waals surface area contributed by atoms with Crippen LogP contribution in [0.4, 0.5) is 5.13 Å². The van der Waals surface area contributed by atoms with Crippen LogP contribution in [0.15, 0.2) is 78.9 Å². The maximum absolute atomic E-state index is 13.4. The van der Waals surface area contributed by atoms with Crippen LogP contribution in [-0.4, -0.2) is 18.0 Å². The molecule has 0 fully saturated rings. The fourth-order valence-electron chi connectivity index (χ4n) is 4.12. The second-order valence-corrected chi connectivity index (χ2v) is 8.64. The van der Waals surface area contributed by atoms with E-state index >= 15 is 0 Å². The van der Waals surface area contributed by atoms with Gasteiger partial charge in [0.15, 0.2) is 5.13 Å². The van der Waals surface area contributed by atoms with Crippen LogP contribution >= 0.6 is 11.3 Å². The molecule has 1 aromatic heterocycles. The zero-order valence-electron chi connectivity index (χ0n) is 17.2. The summed E-state index contributed by atoms with van der Waals surface area (Å²) >= 11 is 1.56. The summed E-state index contributed by atoms with van der Waals surface area (Å²) in [5, 5.41) is 3.73. The van der Waals surface area contributed by atoms with Crippen LogP contribution < -0.4 is 10.1 Å². The van der Waals surface area contributed by atoms with Crippen LogP contribution in [0.25, 0.3) is 11.3 Å². The van der Waals surface area contributed by atoms with Gasteiger partial charge in [-0.25, -0.2) is 4.98 Å². The van der Waals surface area contributed by atoms with E-state index in [0.29, 0.717) is 5.13 Å². The Hall–Kier alpha value is -3.44. The molecule has 5 heteroatoms. The summed E-state index contributed by atoms with van der Waals surface area (Å²) in [5.41, 5.74) is 5.24. The van der Waals surface area contributed by atoms with E-state index in [9.17, 15) is 4.79 Å². The first-order chi connectivity index (χ1) is 15.2. The minimum atomic E-state index is -0.393. The first-order valence-corrected chi connectivity index (χ1v) is 11.1. The molecule has 1 aliphatic carbocycles. The van der Waals surface area contributed by atoms with Crippen molar-refractivity contribution in [1.82, 2.24) is 4.98 Å². The number of nitrogens with zero attached hydrogens (tertiary/aromatic N) is 1. The highest BCUT2D eigenvalue weighted by Gasteiger charge is 2.26. The molecule has 0 radical (unpaired) electrons. The summed E-state index contributed by atoms with van der Waals surface area (Å²) in [7, 11) is 1.67. The molecule has 1 amide bonds. The molecule has 1 N–H and O–H groups in total. The number of aryl methyl sites for hydroxylation is 2. The van der Waals surface area contributed by atoms with E-state index in [1.807, 2.05) is 72.8 Å². The molecule has 3 aromatic carbocycles. The lowest BCUT2D eigenvalue weighted by Crippen LogP contribution is -2.22. The van der Waals surface area contributed by atoms with Crippen molar-refractivity contribution in [2.24, 2.45) is 0 Å². The lowest BCUT2D eigenvalue weighted by atomic mass is 9.90. The highest BCUT2D eigenvalue weighted by molar-refractivity contribution is 7.16. The number of ether oxygens (including phenoxy) is 1. The molecule has 5 rings (SSSR count). The molecule has 0 bridgehead atoms. The van der Waals surface area contributed by atoms with Crippen LogP contribution in [0, 0.1) is 0 Å². The van der Waals surface area contributed by atoms with E-state index in [1.54, 1.807) is 18.4 Å². The number of hydrogen-bond donors (Lipinski definition) is 1. The van der Waals surface area contributed by atoms with Crippen molar-refractivity contribution in [1.29, 1.82) is 0 Å². The normalized spacial score (nSPS) is 12.2. The zero-order valence-corrected chi connectivity index (χ0v) is 18.0. The van der Waals surface area contributed by atoms with Crippen LogP contribution in [0.3, 0.4) is 0 Å². The topological polar surface area (TPSA) is 51.2 Å². The van der Waals surface area contributed by atoms with Gasteiger partial charge in [-0.15, -0.1) is 11.3 Å². The summed E-state index contributed by atoms with van der Waals surface area (Å²) in [6, 6.07) is 25.9. The largest absolute Gasteiger partial charge is 0.497 e. The van der Waals surface area contributed by atoms with Gasteiger partial charge in [0.2, 0.25) is 5.91 Å². The average Bonchev–Trinajstić information content (AvgIpc) is 3.23. The SMILES string of the molecule is COc1ccc2c(c1)-c1nc(NC(=O)C(c3ccccc3)c3ccccc3)sc1CC2. The van der Waals surface area contributed by atoms with Crippen LogP contribution in [0.2, 0.25) is 0 Å². The number of fused-ring (bicyclic) bond motifs is 3. The third kappa shape index (κ3) is 3.84. The Morgan fingerprint density at radius 2 is 1.65 bits per heavy atom. The molecule has 4 nitrogen and oxygen atoms in total. The highest BCUT2D eigenvalue weighted by atomic mass is 32.1. The molecule has 1 aliphatic rings. The third-order valence-electron chi connectivity index (χ3n) is 5.65. The highest BCUT2D eigenvalue weighted by Crippen LogP contribution is 2.40. The van der Waals surface area contributed by atoms with Gasteiger partial charge in [0, 0.05) is 10.4 Å². The first kappa shape index (κ1) is 19.5. The minimum absolute atomic E-state index is 0.0747. The predicted molar refractivity (Wildman–Crippen MR) is 125 cm³/mol. The van der Waals surface area contributed by atoms with E-state index in [4.69, 9.17) is 9.72 Å². The number of aromatic nitrogens is 1. The van der Waals surface area contributed by atoms with Crippen molar-refractivity contribution in [3.8, 4) is 17.0 Å². The van der Waals surface area contributed by atoms with Gasteiger partial charge < -0.3 is 10.1 Å². The van der Waals surface area contributed by atoms with E-state index in [0.717, 1.165) is 41.0 Å². The van der Waals surface area contributed by atoms with Crippen LogP contribution in [0.1, 0.15) is 27.5 Å². The van der Waals surface area contributed by atoms with Crippen molar-refractivity contribution in [2.45, 2.75) is 18.8 Å². The summed E-state index contributed by atoms with van der Waals surface area (Å²) < 4.78 is 5.40. The molecule has 0 saturated heterocycles. The maximum Gasteiger partial charge on any atom is 0.238 e. The van der Waals surface area contributed by atoms with Gasteiger partial charge in [-0.1, -0.05) is 66.7 Å². The zero-order chi connectivity index (χ0) is 21.2. The van der Waals surface area contributed by atoms with Crippen molar-refractivity contribution >= 4 is 22.4 Å². The Labute approximate surface area is 185 Å². The van der Waals surface area contributed by atoms with Crippen molar-refractivity contribution < 1.29 is 9.53 Å². The fourth-order valence-corrected chi connectivity index (χ4v) is 5.10. The number of thiazole rings is 1. The molecule has 31 heavy (non-hydrogen) atoms. The number of anilines is 1. The Balaban J connectivity index is 1.47. The Morgan fingerprint density at radius 3 is 2.29 bits per heavy atom. The summed E-state index contributed by atoms with van der Waals surface area (Å²) in [4.78, 5) is 19.4. The first-order valence-electron chi connectivity index (χ1n) is 10.3. The van der Waals surface area contributed by atoms with Gasteiger partial charge in [-0.3, -0.25) is 4.79 Å². The summed E-state index contributed by atoms with van der Waals surface area (Å²) in [6.45, 7) is 0. The molecule has 0 atom stereocenters. The van der Waals surface area contributed by atoms with Gasteiger partial charge in [0.25, 0.3) is 0 Å². The van der Waals surface area contributed by atoms with Crippen LogP contribution in [0.5, 0.6) is 5.75 Å². The van der Waals surface area contributed by atoms with E-state index < -0.39 is 5.92 Å². The van der Waals surface area contributed by atoms with Gasteiger partial charge in [-0.05, 0) is 41.7 Å². The van der Waals surface area contributed by atoms with E-state index in [1.165, 1.54) is 10.4 Å². The Kier molecular flexibility index (Phi) is 5.26.